The van der Waals surface area contributed by atoms with Crippen LogP contribution in [0.1, 0.15) is 25.7 Å². The Labute approximate surface area is 78.0 Å². The van der Waals surface area contributed by atoms with E-state index >= 15 is 0 Å². The van der Waals surface area contributed by atoms with Gasteiger partial charge in [-0.3, -0.25) is 0 Å². The van der Waals surface area contributed by atoms with Gasteiger partial charge in [-0.1, -0.05) is 12.8 Å². The Morgan fingerprint density at radius 2 is 1.83 bits per heavy atom. The van der Waals surface area contributed by atoms with Gasteiger partial charge in [-0.05, 0) is 30.4 Å². The van der Waals surface area contributed by atoms with Crippen molar-refractivity contribution in [3.05, 3.63) is 17.5 Å². The minimum absolute atomic E-state index is 1.26. The SMILES string of the molecule is c1csc(N2CCCCCC2)c1. The molecule has 0 saturated carbocycles. The molecule has 0 spiro atoms. The summed E-state index contributed by atoms with van der Waals surface area (Å²) in [5, 5.41) is 3.62. The monoisotopic (exact) mass is 181 g/mol. The van der Waals surface area contributed by atoms with Crippen molar-refractivity contribution in [2.75, 3.05) is 18.0 Å². The minimum atomic E-state index is 1.26. The molecule has 0 radical (unpaired) electrons. The van der Waals surface area contributed by atoms with Crippen LogP contribution in [-0.4, -0.2) is 13.1 Å². The predicted molar refractivity (Wildman–Crippen MR) is 55.0 cm³/mol. The largest absolute Gasteiger partial charge is 0.363 e. The van der Waals surface area contributed by atoms with Crippen molar-refractivity contribution in [3.63, 3.8) is 0 Å². The second kappa shape index (κ2) is 3.94. The summed E-state index contributed by atoms with van der Waals surface area (Å²) in [7, 11) is 0. The zero-order valence-electron chi connectivity index (χ0n) is 7.33. The van der Waals surface area contributed by atoms with E-state index in [0.29, 0.717) is 0 Å². The second-order valence-corrected chi connectivity index (χ2v) is 4.28. The van der Waals surface area contributed by atoms with Crippen LogP contribution < -0.4 is 4.90 Å². The van der Waals surface area contributed by atoms with Gasteiger partial charge in [0.1, 0.15) is 0 Å². The Kier molecular flexibility index (Phi) is 2.67. The maximum absolute atomic E-state index is 2.53. The van der Waals surface area contributed by atoms with Gasteiger partial charge in [-0.15, -0.1) is 11.3 Å². The third kappa shape index (κ3) is 1.81. The fraction of sp³-hybridized carbons (Fsp3) is 0.600. The Bertz CT molecular complexity index is 210. The molecule has 12 heavy (non-hydrogen) atoms. The smallest absolute Gasteiger partial charge is 0.0908 e. The first-order valence-electron chi connectivity index (χ1n) is 4.75. The summed E-state index contributed by atoms with van der Waals surface area (Å²) in [6.07, 6.45) is 5.58. The average molecular weight is 181 g/mol. The quantitative estimate of drug-likeness (QED) is 0.643. The number of rotatable bonds is 1. The molecule has 1 saturated heterocycles. The van der Waals surface area contributed by atoms with E-state index in [-0.39, 0.29) is 0 Å². The second-order valence-electron chi connectivity index (χ2n) is 3.35. The van der Waals surface area contributed by atoms with E-state index in [1.807, 2.05) is 11.3 Å². The molecule has 1 aromatic heterocycles. The van der Waals surface area contributed by atoms with Gasteiger partial charge in [0, 0.05) is 13.1 Å². The van der Waals surface area contributed by atoms with Crippen molar-refractivity contribution in [1.29, 1.82) is 0 Å². The standard InChI is InChI=1S/C10H15NS/c1-2-4-8-11(7-3-1)10-6-5-9-12-10/h5-6,9H,1-4,7-8H2. The van der Waals surface area contributed by atoms with Gasteiger partial charge in [0.25, 0.3) is 0 Å². The lowest BCUT2D eigenvalue weighted by molar-refractivity contribution is 0.726. The first-order valence-corrected chi connectivity index (χ1v) is 5.63. The molecule has 0 N–H and O–H groups in total. The molecule has 1 nitrogen and oxygen atoms in total. The molecule has 0 atom stereocenters. The normalized spacial score (nSPS) is 19.2. The third-order valence-electron chi connectivity index (χ3n) is 2.42. The summed E-state index contributed by atoms with van der Waals surface area (Å²) < 4.78 is 0. The zero-order valence-corrected chi connectivity index (χ0v) is 8.15. The zero-order chi connectivity index (χ0) is 8.23. The van der Waals surface area contributed by atoms with E-state index < -0.39 is 0 Å². The number of hydrogen-bond acceptors (Lipinski definition) is 2. The van der Waals surface area contributed by atoms with E-state index in [9.17, 15) is 0 Å². The van der Waals surface area contributed by atoms with Crippen molar-refractivity contribution < 1.29 is 0 Å². The molecular formula is C10H15NS. The van der Waals surface area contributed by atoms with Crippen molar-refractivity contribution in [2.24, 2.45) is 0 Å². The Hall–Kier alpha value is -0.500. The van der Waals surface area contributed by atoms with E-state index in [2.05, 4.69) is 22.4 Å². The summed E-state index contributed by atoms with van der Waals surface area (Å²) in [6, 6.07) is 4.38. The molecule has 1 fully saturated rings. The first-order chi connectivity index (χ1) is 5.97. The molecule has 0 unspecified atom stereocenters. The summed E-state index contributed by atoms with van der Waals surface area (Å²) in [5.74, 6) is 0. The highest BCUT2D eigenvalue weighted by molar-refractivity contribution is 7.14. The van der Waals surface area contributed by atoms with Crippen LogP contribution in [0.5, 0.6) is 0 Å². The van der Waals surface area contributed by atoms with Gasteiger partial charge in [0.15, 0.2) is 0 Å². The minimum Gasteiger partial charge on any atom is -0.363 e. The number of hydrogen-bond donors (Lipinski definition) is 0. The van der Waals surface area contributed by atoms with Crippen LogP contribution >= 0.6 is 11.3 Å². The molecular weight excluding hydrogens is 166 g/mol. The van der Waals surface area contributed by atoms with E-state index in [0.717, 1.165) is 0 Å². The van der Waals surface area contributed by atoms with Crippen LogP contribution in [-0.2, 0) is 0 Å². The first kappa shape index (κ1) is 8.11. The van der Waals surface area contributed by atoms with Gasteiger partial charge < -0.3 is 4.90 Å². The van der Waals surface area contributed by atoms with Crippen molar-refractivity contribution in [2.45, 2.75) is 25.7 Å². The third-order valence-corrected chi connectivity index (χ3v) is 3.35. The topological polar surface area (TPSA) is 3.24 Å². The Morgan fingerprint density at radius 1 is 1.08 bits per heavy atom. The molecule has 0 bridgehead atoms. The number of thiophene rings is 1. The highest BCUT2D eigenvalue weighted by atomic mass is 32.1. The molecule has 66 valence electrons. The molecule has 1 aromatic rings. The molecule has 2 heteroatoms. The fourth-order valence-corrected chi connectivity index (χ4v) is 2.53. The lowest BCUT2D eigenvalue weighted by Gasteiger charge is -2.19. The van der Waals surface area contributed by atoms with Gasteiger partial charge in [0.05, 0.1) is 5.00 Å². The van der Waals surface area contributed by atoms with Crippen LogP contribution in [0.4, 0.5) is 5.00 Å². The maximum atomic E-state index is 2.53. The summed E-state index contributed by atoms with van der Waals surface area (Å²) in [6.45, 7) is 2.53. The highest BCUT2D eigenvalue weighted by Crippen LogP contribution is 2.23. The fourth-order valence-electron chi connectivity index (χ4n) is 1.74. The lowest BCUT2D eigenvalue weighted by Crippen LogP contribution is -2.22. The molecule has 0 aliphatic carbocycles. The molecule has 1 aliphatic heterocycles. The highest BCUT2D eigenvalue weighted by Gasteiger charge is 2.09. The van der Waals surface area contributed by atoms with Gasteiger partial charge >= 0.3 is 0 Å². The van der Waals surface area contributed by atoms with Crippen LogP contribution in [0.3, 0.4) is 0 Å². The van der Waals surface area contributed by atoms with Crippen LogP contribution in [0.25, 0.3) is 0 Å². The van der Waals surface area contributed by atoms with Crippen molar-refractivity contribution >= 4 is 16.3 Å². The Morgan fingerprint density at radius 3 is 2.42 bits per heavy atom. The van der Waals surface area contributed by atoms with Crippen LogP contribution in [0.2, 0.25) is 0 Å². The predicted octanol–water partition coefficient (Wildman–Crippen LogP) is 3.13. The summed E-state index contributed by atoms with van der Waals surface area (Å²) in [4.78, 5) is 2.53. The lowest BCUT2D eigenvalue weighted by atomic mass is 10.2. The number of anilines is 1. The average Bonchev–Trinajstić information content (AvgIpc) is 2.48. The van der Waals surface area contributed by atoms with Crippen LogP contribution in [0, 0.1) is 0 Å². The summed E-state index contributed by atoms with van der Waals surface area (Å²) in [5.41, 5.74) is 0. The molecule has 2 rings (SSSR count). The van der Waals surface area contributed by atoms with E-state index in [1.165, 1.54) is 43.8 Å². The molecule has 2 heterocycles. The molecule has 0 aromatic carbocycles. The van der Waals surface area contributed by atoms with E-state index in [1.54, 1.807) is 0 Å². The summed E-state index contributed by atoms with van der Waals surface area (Å²) >= 11 is 1.86. The van der Waals surface area contributed by atoms with Gasteiger partial charge in [0.2, 0.25) is 0 Å². The van der Waals surface area contributed by atoms with Crippen LogP contribution in [0.15, 0.2) is 17.5 Å². The number of nitrogens with zero attached hydrogens (tertiary/aromatic N) is 1. The Balaban J connectivity index is 2.02. The van der Waals surface area contributed by atoms with Crippen molar-refractivity contribution in [3.8, 4) is 0 Å². The van der Waals surface area contributed by atoms with Crippen molar-refractivity contribution in [1.82, 2.24) is 0 Å². The van der Waals surface area contributed by atoms with Gasteiger partial charge in [-0.2, -0.15) is 0 Å². The molecule has 1 aliphatic rings. The van der Waals surface area contributed by atoms with E-state index in [4.69, 9.17) is 0 Å². The maximum Gasteiger partial charge on any atom is 0.0908 e. The molecule has 0 amide bonds. The van der Waals surface area contributed by atoms with Gasteiger partial charge in [-0.25, -0.2) is 0 Å².